The quantitative estimate of drug-likeness (QED) is 0.567. The van der Waals surface area contributed by atoms with Gasteiger partial charge < -0.3 is 5.11 Å². The minimum absolute atomic E-state index is 0.250. The normalized spacial score (nSPS) is 39.9. The fraction of sp³-hybridized carbons (Fsp3) is 0.650. The van der Waals surface area contributed by atoms with E-state index in [0.717, 1.165) is 25.5 Å². The topological polar surface area (TPSA) is 37.3 Å². The van der Waals surface area contributed by atoms with Crippen molar-refractivity contribution in [1.29, 1.82) is 0 Å². The summed E-state index contributed by atoms with van der Waals surface area (Å²) in [5.41, 5.74) is 3.58. The van der Waals surface area contributed by atoms with Crippen LogP contribution in [0.3, 0.4) is 0 Å². The molecule has 122 valence electrons. The van der Waals surface area contributed by atoms with Crippen LogP contribution < -0.4 is 0 Å². The van der Waals surface area contributed by atoms with E-state index >= 15 is 0 Å². The fourth-order valence-corrected chi connectivity index (χ4v) is 3.69. The van der Waals surface area contributed by atoms with E-state index < -0.39 is 6.10 Å². The summed E-state index contributed by atoms with van der Waals surface area (Å²) in [6, 6.07) is 0. The third-order valence-electron chi connectivity index (χ3n) is 5.60. The van der Waals surface area contributed by atoms with E-state index in [0.29, 0.717) is 23.8 Å². The number of allylic oxidation sites excluding steroid dienone is 4. The lowest BCUT2D eigenvalue weighted by atomic mass is 10.0. The molecule has 1 fully saturated rings. The summed E-state index contributed by atoms with van der Waals surface area (Å²) in [5, 5.41) is 10.3. The summed E-state index contributed by atoms with van der Waals surface area (Å²) in [6.07, 6.45) is 11.6. The Morgan fingerprint density at radius 1 is 1.18 bits per heavy atom. The van der Waals surface area contributed by atoms with Crippen molar-refractivity contribution in [2.75, 3.05) is 0 Å². The Hall–Kier alpha value is -1.15. The summed E-state index contributed by atoms with van der Waals surface area (Å²) in [5.74, 6) is 1.04. The molecule has 0 aromatic rings. The van der Waals surface area contributed by atoms with E-state index in [-0.39, 0.29) is 5.41 Å². The molecule has 0 amide bonds. The summed E-state index contributed by atoms with van der Waals surface area (Å²) in [7, 11) is 0. The SMILES string of the molecule is C/C1=C\C[C@@H](O)/C(C=O)=C\C2C(CC/C(C)=C/CC1)C2(C)C. The molecule has 2 aliphatic rings. The highest BCUT2D eigenvalue weighted by Gasteiger charge is 2.55. The molecule has 0 spiro atoms. The Labute approximate surface area is 135 Å². The highest BCUT2D eigenvalue weighted by Crippen LogP contribution is 2.61. The van der Waals surface area contributed by atoms with Gasteiger partial charge in [0.15, 0.2) is 0 Å². The van der Waals surface area contributed by atoms with Crippen LogP contribution in [0.5, 0.6) is 0 Å². The van der Waals surface area contributed by atoms with E-state index in [1.165, 1.54) is 17.6 Å². The number of fused-ring (bicyclic) bond motifs is 1. The zero-order valence-electron chi connectivity index (χ0n) is 14.4. The van der Waals surface area contributed by atoms with Crippen molar-refractivity contribution in [2.45, 2.75) is 65.9 Å². The Bertz CT molecular complexity index is 508. The maximum absolute atomic E-state index is 11.4. The predicted octanol–water partition coefficient (Wildman–Crippen LogP) is 4.60. The number of rotatable bonds is 1. The maximum atomic E-state index is 11.4. The number of aliphatic hydroxyl groups excluding tert-OH is 1. The first-order chi connectivity index (χ1) is 10.4. The average molecular weight is 302 g/mol. The standard InChI is InChI=1S/C20H30O2/c1-14-6-5-7-15(2)9-11-19(22)16(13-21)12-18-17(10-8-14)20(18,3)4/h6,9,12-13,17-19,22H,5,7-8,10-11H2,1-4H3/b14-6+,15-9+,16-12-/t17?,18?,19-/m1/s1. The van der Waals surface area contributed by atoms with Gasteiger partial charge in [0.2, 0.25) is 0 Å². The molecule has 0 aliphatic heterocycles. The number of aldehydes is 1. The molecule has 0 aromatic heterocycles. The second-order valence-corrected chi connectivity index (χ2v) is 7.67. The lowest BCUT2D eigenvalue weighted by Crippen LogP contribution is -2.11. The van der Waals surface area contributed by atoms with Crippen molar-refractivity contribution in [3.63, 3.8) is 0 Å². The van der Waals surface area contributed by atoms with Crippen LogP contribution in [0.25, 0.3) is 0 Å². The van der Waals surface area contributed by atoms with Crippen molar-refractivity contribution in [2.24, 2.45) is 17.3 Å². The van der Waals surface area contributed by atoms with E-state index in [4.69, 9.17) is 0 Å². The van der Waals surface area contributed by atoms with Crippen LogP contribution in [-0.2, 0) is 4.79 Å². The summed E-state index contributed by atoms with van der Waals surface area (Å²) < 4.78 is 0. The van der Waals surface area contributed by atoms with Crippen LogP contribution in [-0.4, -0.2) is 17.5 Å². The van der Waals surface area contributed by atoms with Crippen LogP contribution in [0.2, 0.25) is 0 Å². The third kappa shape index (κ3) is 3.98. The number of hydrogen-bond acceptors (Lipinski definition) is 2. The van der Waals surface area contributed by atoms with Gasteiger partial charge in [-0.15, -0.1) is 0 Å². The predicted molar refractivity (Wildman–Crippen MR) is 91.5 cm³/mol. The average Bonchev–Trinajstić information content (AvgIpc) is 2.99. The van der Waals surface area contributed by atoms with Crippen molar-refractivity contribution < 1.29 is 9.90 Å². The van der Waals surface area contributed by atoms with Crippen molar-refractivity contribution in [1.82, 2.24) is 0 Å². The lowest BCUT2D eigenvalue weighted by Gasteiger charge is -2.10. The molecule has 2 heteroatoms. The molecule has 0 aromatic carbocycles. The van der Waals surface area contributed by atoms with E-state index in [2.05, 4.69) is 39.8 Å². The van der Waals surface area contributed by atoms with Gasteiger partial charge in [-0.1, -0.05) is 43.2 Å². The maximum Gasteiger partial charge on any atom is 0.148 e. The van der Waals surface area contributed by atoms with Gasteiger partial charge in [-0.25, -0.2) is 0 Å². The lowest BCUT2D eigenvalue weighted by molar-refractivity contribution is -0.105. The monoisotopic (exact) mass is 302 g/mol. The van der Waals surface area contributed by atoms with Gasteiger partial charge in [0.25, 0.3) is 0 Å². The number of carbonyl (C=O) groups excluding carboxylic acids is 1. The molecule has 3 atom stereocenters. The molecule has 0 saturated heterocycles. The molecule has 2 aliphatic carbocycles. The highest BCUT2D eigenvalue weighted by atomic mass is 16.3. The number of hydrogen-bond donors (Lipinski definition) is 1. The van der Waals surface area contributed by atoms with Crippen molar-refractivity contribution in [3.8, 4) is 0 Å². The largest absolute Gasteiger partial charge is 0.388 e. The van der Waals surface area contributed by atoms with Gasteiger partial charge in [-0.2, -0.15) is 0 Å². The number of aliphatic hydroxyl groups is 1. The van der Waals surface area contributed by atoms with Crippen molar-refractivity contribution in [3.05, 3.63) is 34.9 Å². The Morgan fingerprint density at radius 2 is 1.86 bits per heavy atom. The molecule has 1 N–H and O–H groups in total. The Kier molecular flexibility index (Phi) is 5.44. The highest BCUT2D eigenvalue weighted by molar-refractivity contribution is 5.75. The smallest absolute Gasteiger partial charge is 0.148 e. The Balaban J connectivity index is 2.22. The van der Waals surface area contributed by atoms with Crippen molar-refractivity contribution >= 4 is 6.29 Å². The zero-order chi connectivity index (χ0) is 16.3. The van der Waals surface area contributed by atoms with Crippen LogP contribution in [0.4, 0.5) is 0 Å². The summed E-state index contributed by atoms with van der Waals surface area (Å²) >= 11 is 0. The second kappa shape index (κ2) is 6.95. The van der Waals surface area contributed by atoms with E-state index in [9.17, 15) is 9.90 Å². The van der Waals surface area contributed by atoms with Gasteiger partial charge in [-0.05, 0) is 63.2 Å². The molecule has 0 bridgehead atoms. The van der Waals surface area contributed by atoms with Crippen LogP contribution in [0.15, 0.2) is 34.9 Å². The fourth-order valence-electron chi connectivity index (χ4n) is 3.69. The first-order valence-corrected chi connectivity index (χ1v) is 8.52. The molecular formula is C20H30O2. The zero-order valence-corrected chi connectivity index (χ0v) is 14.4. The van der Waals surface area contributed by atoms with Gasteiger partial charge in [0.1, 0.15) is 6.29 Å². The van der Waals surface area contributed by atoms with Gasteiger partial charge in [-0.3, -0.25) is 4.79 Å². The summed E-state index contributed by atoms with van der Waals surface area (Å²) in [6.45, 7) is 8.88. The molecule has 22 heavy (non-hydrogen) atoms. The molecule has 2 rings (SSSR count). The van der Waals surface area contributed by atoms with Crippen LogP contribution in [0.1, 0.15) is 59.8 Å². The summed E-state index contributed by atoms with van der Waals surface area (Å²) in [4.78, 5) is 11.4. The molecule has 0 radical (unpaired) electrons. The second-order valence-electron chi connectivity index (χ2n) is 7.67. The minimum Gasteiger partial charge on any atom is -0.388 e. The Morgan fingerprint density at radius 3 is 2.55 bits per heavy atom. The van der Waals surface area contributed by atoms with Gasteiger partial charge >= 0.3 is 0 Å². The van der Waals surface area contributed by atoms with Crippen LogP contribution in [0, 0.1) is 17.3 Å². The van der Waals surface area contributed by atoms with Crippen LogP contribution >= 0.6 is 0 Å². The van der Waals surface area contributed by atoms with E-state index in [1.807, 2.05) is 6.08 Å². The molecule has 2 nitrogen and oxygen atoms in total. The first kappa shape index (κ1) is 17.2. The van der Waals surface area contributed by atoms with E-state index in [1.54, 1.807) is 0 Å². The minimum atomic E-state index is -0.662. The third-order valence-corrected chi connectivity index (χ3v) is 5.60. The molecular weight excluding hydrogens is 272 g/mol. The number of carbonyl (C=O) groups is 1. The first-order valence-electron chi connectivity index (χ1n) is 8.52. The van der Waals surface area contributed by atoms with Gasteiger partial charge in [0.05, 0.1) is 6.10 Å². The molecule has 0 heterocycles. The molecule has 2 unspecified atom stereocenters. The molecule has 1 saturated carbocycles. The van der Waals surface area contributed by atoms with Gasteiger partial charge in [0, 0.05) is 5.57 Å².